The quantitative estimate of drug-likeness (QED) is 0.347. The highest BCUT2D eigenvalue weighted by molar-refractivity contribution is 7.92. The number of rotatable bonds is 10. The first-order valence-electron chi connectivity index (χ1n) is 10.6. The molecular weight excluding hydrogens is 458 g/mol. The van der Waals surface area contributed by atoms with Gasteiger partial charge in [-0.05, 0) is 34.7 Å². The topological polar surface area (TPSA) is 119 Å². The number of carbonyl (C=O) groups excluding carboxylic acids is 1. The van der Waals surface area contributed by atoms with Crippen LogP contribution in [0.3, 0.4) is 0 Å². The fourth-order valence-corrected chi connectivity index (χ4v) is 4.61. The molecule has 10 heteroatoms. The summed E-state index contributed by atoms with van der Waals surface area (Å²) in [5.41, 5.74) is 0.783. The maximum absolute atomic E-state index is 12.7. The monoisotopic (exact) mass is 485 g/mol. The van der Waals surface area contributed by atoms with Crippen LogP contribution < -0.4 is 14.4 Å². The number of non-ortho nitro benzene ring substituents is 1. The standard InChI is InChI=1S/C24H27N3O6S/c1-17(13-19-9-6-8-18-7-4-5-10-21(18)19)15-25-24(28)16-26(34(3,31)32)22-14-20(27(29)30)11-12-23(22)33-2/h4-12,14,17H,13,15-16H2,1-3H3,(H,25,28). The number of nitrogens with one attached hydrogen (secondary N) is 1. The third-order valence-corrected chi connectivity index (χ3v) is 6.55. The lowest BCUT2D eigenvalue weighted by Gasteiger charge is -2.24. The van der Waals surface area contributed by atoms with E-state index in [0.717, 1.165) is 33.8 Å². The van der Waals surface area contributed by atoms with E-state index < -0.39 is 27.4 Å². The summed E-state index contributed by atoms with van der Waals surface area (Å²) in [6, 6.07) is 17.8. The Morgan fingerprint density at radius 3 is 2.53 bits per heavy atom. The second-order valence-corrected chi connectivity index (χ2v) is 10.0. The summed E-state index contributed by atoms with van der Waals surface area (Å²) in [5, 5.41) is 16.3. The van der Waals surface area contributed by atoms with Crippen LogP contribution in [0.2, 0.25) is 0 Å². The molecule has 0 aromatic heterocycles. The fourth-order valence-electron chi connectivity index (χ4n) is 3.76. The first-order valence-corrected chi connectivity index (χ1v) is 12.5. The number of anilines is 1. The molecule has 0 fully saturated rings. The predicted molar refractivity (Wildman–Crippen MR) is 132 cm³/mol. The van der Waals surface area contributed by atoms with E-state index in [9.17, 15) is 23.3 Å². The highest BCUT2D eigenvalue weighted by Gasteiger charge is 2.26. The van der Waals surface area contributed by atoms with E-state index in [-0.39, 0.29) is 23.0 Å². The average molecular weight is 486 g/mol. The molecule has 0 radical (unpaired) electrons. The molecule has 3 aromatic carbocycles. The average Bonchev–Trinajstić information content (AvgIpc) is 2.80. The van der Waals surface area contributed by atoms with E-state index in [2.05, 4.69) is 17.4 Å². The van der Waals surface area contributed by atoms with Crippen LogP contribution in [-0.4, -0.2) is 45.7 Å². The van der Waals surface area contributed by atoms with Gasteiger partial charge in [-0.1, -0.05) is 49.4 Å². The largest absolute Gasteiger partial charge is 0.495 e. The number of ether oxygens (including phenoxy) is 1. The van der Waals surface area contributed by atoms with E-state index in [1.54, 1.807) is 0 Å². The van der Waals surface area contributed by atoms with Gasteiger partial charge in [0.05, 0.1) is 18.3 Å². The molecule has 3 rings (SSSR count). The number of amides is 1. The van der Waals surface area contributed by atoms with Gasteiger partial charge in [-0.15, -0.1) is 0 Å². The summed E-state index contributed by atoms with van der Waals surface area (Å²) in [7, 11) is -2.61. The second kappa shape index (κ2) is 10.5. The van der Waals surface area contributed by atoms with Gasteiger partial charge < -0.3 is 10.1 Å². The molecule has 1 amide bonds. The Morgan fingerprint density at radius 2 is 1.85 bits per heavy atom. The molecule has 0 saturated heterocycles. The summed E-state index contributed by atoms with van der Waals surface area (Å²) in [4.78, 5) is 23.2. The molecule has 1 N–H and O–H groups in total. The van der Waals surface area contributed by atoms with Crippen molar-refractivity contribution >= 4 is 38.1 Å². The minimum absolute atomic E-state index is 0.0712. The van der Waals surface area contributed by atoms with Crippen molar-refractivity contribution in [2.45, 2.75) is 13.3 Å². The highest BCUT2D eigenvalue weighted by Crippen LogP contribution is 2.33. The molecule has 3 aromatic rings. The highest BCUT2D eigenvalue weighted by atomic mass is 32.2. The molecule has 0 spiro atoms. The maximum Gasteiger partial charge on any atom is 0.271 e. The minimum Gasteiger partial charge on any atom is -0.495 e. The number of benzene rings is 3. The van der Waals surface area contributed by atoms with Gasteiger partial charge >= 0.3 is 0 Å². The van der Waals surface area contributed by atoms with Crippen molar-refractivity contribution in [2.75, 3.05) is 30.8 Å². The van der Waals surface area contributed by atoms with Crippen molar-refractivity contribution < 1.29 is 22.9 Å². The fraction of sp³-hybridized carbons (Fsp3) is 0.292. The van der Waals surface area contributed by atoms with Gasteiger partial charge in [-0.3, -0.25) is 19.2 Å². The zero-order valence-corrected chi connectivity index (χ0v) is 20.0. The van der Waals surface area contributed by atoms with Gasteiger partial charge in [0.15, 0.2) is 0 Å². The number of fused-ring (bicyclic) bond motifs is 1. The second-order valence-electron chi connectivity index (χ2n) is 8.13. The van der Waals surface area contributed by atoms with Gasteiger partial charge in [0, 0.05) is 18.7 Å². The maximum atomic E-state index is 12.7. The summed E-state index contributed by atoms with van der Waals surface area (Å²) >= 11 is 0. The number of hydrogen-bond donors (Lipinski definition) is 1. The van der Waals surface area contributed by atoms with Crippen LogP contribution in [0, 0.1) is 16.0 Å². The van der Waals surface area contributed by atoms with Gasteiger partial charge in [0.1, 0.15) is 18.0 Å². The number of nitro groups is 1. The van der Waals surface area contributed by atoms with Crippen LogP contribution in [0.1, 0.15) is 12.5 Å². The Hall–Kier alpha value is -3.66. The molecule has 0 aliphatic rings. The van der Waals surface area contributed by atoms with E-state index in [1.807, 2.05) is 37.3 Å². The molecule has 0 heterocycles. The molecular formula is C24H27N3O6S. The molecule has 0 aliphatic carbocycles. The van der Waals surface area contributed by atoms with E-state index in [1.165, 1.54) is 24.8 Å². The van der Waals surface area contributed by atoms with Crippen LogP contribution in [0.25, 0.3) is 10.8 Å². The molecule has 1 unspecified atom stereocenters. The van der Waals surface area contributed by atoms with E-state index in [0.29, 0.717) is 6.54 Å². The van der Waals surface area contributed by atoms with E-state index in [4.69, 9.17) is 4.74 Å². The van der Waals surface area contributed by atoms with Crippen molar-refractivity contribution in [2.24, 2.45) is 5.92 Å². The van der Waals surface area contributed by atoms with Gasteiger partial charge in [-0.25, -0.2) is 8.42 Å². The van der Waals surface area contributed by atoms with Gasteiger partial charge in [0.2, 0.25) is 15.9 Å². The number of nitro benzene ring substituents is 1. The van der Waals surface area contributed by atoms with Crippen molar-refractivity contribution in [1.29, 1.82) is 0 Å². The molecule has 0 saturated carbocycles. The summed E-state index contributed by atoms with van der Waals surface area (Å²) in [6.07, 6.45) is 1.66. The van der Waals surface area contributed by atoms with E-state index >= 15 is 0 Å². The Balaban J connectivity index is 1.71. The molecule has 0 bridgehead atoms. The van der Waals surface area contributed by atoms with Crippen LogP contribution in [-0.2, 0) is 21.2 Å². The lowest BCUT2D eigenvalue weighted by Crippen LogP contribution is -2.41. The van der Waals surface area contributed by atoms with Crippen LogP contribution >= 0.6 is 0 Å². The summed E-state index contributed by atoms with van der Waals surface area (Å²) in [5.74, 6) is -0.328. The van der Waals surface area contributed by atoms with Crippen molar-refractivity contribution in [1.82, 2.24) is 5.32 Å². The van der Waals surface area contributed by atoms with Gasteiger partial charge in [0.25, 0.3) is 5.69 Å². The van der Waals surface area contributed by atoms with Crippen molar-refractivity contribution in [3.05, 3.63) is 76.3 Å². The zero-order valence-electron chi connectivity index (χ0n) is 19.2. The van der Waals surface area contributed by atoms with Gasteiger partial charge in [-0.2, -0.15) is 0 Å². The Labute approximate surface area is 198 Å². The summed E-state index contributed by atoms with van der Waals surface area (Å²) in [6.45, 7) is 1.81. The van der Waals surface area contributed by atoms with Crippen LogP contribution in [0.5, 0.6) is 5.75 Å². The lowest BCUT2D eigenvalue weighted by atomic mass is 9.96. The zero-order chi connectivity index (χ0) is 24.9. The third-order valence-electron chi connectivity index (χ3n) is 5.43. The third kappa shape index (κ3) is 6.02. The first kappa shape index (κ1) is 25.0. The summed E-state index contributed by atoms with van der Waals surface area (Å²) < 4.78 is 30.9. The lowest BCUT2D eigenvalue weighted by molar-refractivity contribution is -0.384. The Kier molecular flexibility index (Phi) is 7.72. The number of carbonyl (C=O) groups is 1. The SMILES string of the molecule is COc1ccc([N+](=O)[O-])cc1N(CC(=O)NCC(C)Cc1cccc2ccccc12)S(C)(=O)=O. The van der Waals surface area contributed by atoms with Crippen molar-refractivity contribution in [3.8, 4) is 5.75 Å². The van der Waals surface area contributed by atoms with Crippen molar-refractivity contribution in [3.63, 3.8) is 0 Å². The van der Waals surface area contributed by atoms with Crippen LogP contribution in [0.4, 0.5) is 11.4 Å². The molecule has 180 valence electrons. The minimum atomic E-state index is -3.93. The first-order chi connectivity index (χ1) is 16.1. The van der Waals surface area contributed by atoms with Crippen LogP contribution in [0.15, 0.2) is 60.7 Å². The Bertz CT molecular complexity index is 1300. The molecule has 9 nitrogen and oxygen atoms in total. The number of methoxy groups -OCH3 is 1. The number of sulfonamides is 1. The Morgan fingerprint density at radius 1 is 1.15 bits per heavy atom. The smallest absolute Gasteiger partial charge is 0.271 e. The molecule has 0 aliphatic heterocycles. The molecule has 34 heavy (non-hydrogen) atoms. The number of hydrogen-bond acceptors (Lipinski definition) is 6. The number of nitrogens with zero attached hydrogens (tertiary/aromatic N) is 2. The molecule has 1 atom stereocenters. The predicted octanol–water partition coefficient (Wildman–Crippen LogP) is 3.52. The normalized spacial score (nSPS) is 12.2.